The molecule has 0 aliphatic rings. The van der Waals surface area contributed by atoms with Crippen molar-refractivity contribution in [1.29, 1.82) is 0 Å². The molecule has 17 heavy (non-hydrogen) atoms. The minimum absolute atomic E-state index is 0.118. The van der Waals surface area contributed by atoms with E-state index in [1.165, 1.54) is 0 Å². The maximum atomic E-state index is 8.88. The Morgan fingerprint density at radius 3 is 2.82 bits per heavy atom. The summed E-state index contributed by atoms with van der Waals surface area (Å²) >= 11 is 1.62. The Balaban J connectivity index is 2.98. The number of aliphatic hydroxyl groups is 1. The lowest BCUT2D eigenvalue weighted by molar-refractivity contribution is 0.289. The monoisotopic (exact) mass is 254 g/mol. The maximum absolute atomic E-state index is 8.88. The quantitative estimate of drug-likeness (QED) is 0.247. The zero-order valence-corrected chi connectivity index (χ0v) is 10.9. The standard InChI is InChI=1S/C12H18N2O2S/c1-8-3-4-11(17-9(2)5-6-15)10(7-8)12(13)14-16/h3-4,7,9,15-16H,5-6H2,1-2H3,(H2,13,14). The van der Waals surface area contributed by atoms with Crippen molar-refractivity contribution in [1.82, 2.24) is 0 Å². The van der Waals surface area contributed by atoms with Gasteiger partial charge >= 0.3 is 0 Å². The molecule has 1 aromatic rings. The van der Waals surface area contributed by atoms with Crippen LogP contribution in [-0.4, -0.2) is 28.0 Å². The van der Waals surface area contributed by atoms with Gasteiger partial charge in [-0.3, -0.25) is 0 Å². The van der Waals surface area contributed by atoms with Crippen molar-refractivity contribution in [2.45, 2.75) is 30.4 Å². The number of amidine groups is 1. The summed E-state index contributed by atoms with van der Waals surface area (Å²) in [5.41, 5.74) is 7.45. The summed E-state index contributed by atoms with van der Waals surface area (Å²) in [6.45, 7) is 4.16. The van der Waals surface area contributed by atoms with E-state index in [2.05, 4.69) is 5.16 Å². The van der Waals surface area contributed by atoms with Crippen molar-refractivity contribution in [3.8, 4) is 0 Å². The number of oxime groups is 1. The number of nitrogens with two attached hydrogens (primary N) is 1. The Kier molecular flexibility index (Phi) is 5.31. The van der Waals surface area contributed by atoms with Gasteiger partial charge < -0.3 is 16.0 Å². The van der Waals surface area contributed by atoms with Gasteiger partial charge in [0, 0.05) is 22.3 Å². The first-order chi connectivity index (χ1) is 8.08. The fourth-order valence-corrected chi connectivity index (χ4v) is 2.55. The molecule has 0 aliphatic carbocycles. The van der Waals surface area contributed by atoms with Crippen molar-refractivity contribution in [2.75, 3.05) is 6.61 Å². The van der Waals surface area contributed by atoms with Crippen LogP contribution in [0, 0.1) is 6.92 Å². The third-order valence-corrected chi connectivity index (χ3v) is 3.63. The van der Waals surface area contributed by atoms with E-state index in [0.29, 0.717) is 6.42 Å². The Morgan fingerprint density at radius 1 is 1.53 bits per heavy atom. The van der Waals surface area contributed by atoms with E-state index >= 15 is 0 Å². The van der Waals surface area contributed by atoms with Gasteiger partial charge in [0.1, 0.15) is 0 Å². The summed E-state index contributed by atoms with van der Waals surface area (Å²) in [5.74, 6) is 0.118. The number of rotatable bonds is 5. The van der Waals surface area contributed by atoms with Crippen LogP contribution in [0.1, 0.15) is 24.5 Å². The number of hydrogen-bond acceptors (Lipinski definition) is 4. The molecule has 0 bridgehead atoms. The molecule has 1 aromatic carbocycles. The van der Waals surface area contributed by atoms with Gasteiger partial charge in [-0.2, -0.15) is 0 Å². The Bertz CT molecular complexity index is 407. The van der Waals surface area contributed by atoms with Crippen molar-refractivity contribution in [2.24, 2.45) is 10.9 Å². The van der Waals surface area contributed by atoms with E-state index in [1.54, 1.807) is 11.8 Å². The molecule has 1 rings (SSSR count). The highest BCUT2D eigenvalue weighted by molar-refractivity contribution is 8.00. The van der Waals surface area contributed by atoms with Gasteiger partial charge in [-0.15, -0.1) is 11.8 Å². The summed E-state index contributed by atoms with van der Waals surface area (Å²) in [7, 11) is 0. The first-order valence-corrected chi connectivity index (χ1v) is 6.32. The van der Waals surface area contributed by atoms with Crippen LogP contribution in [0.4, 0.5) is 0 Å². The first kappa shape index (κ1) is 13.9. The van der Waals surface area contributed by atoms with Crippen LogP contribution in [-0.2, 0) is 0 Å². The van der Waals surface area contributed by atoms with Crippen LogP contribution in [0.25, 0.3) is 0 Å². The summed E-state index contributed by atoms with van der Waals surface area (Å²) in [6, 6.07) is 5.84. The molecule has 0 heterocycles. The van der Waals surface area contributed by atoms with E-state index in [4.69, 9.17) is 16.0 Å². The fraction of sp³-hybridized carbons (Fsp3) is 0.417. The molecule has 0 saturated carbocycles. The molecule has 0 amide bonds. The lowest BCUT2D eigenvalue weighted by Crippen LogP contribution is -2.15. The van der Waals surface area contributed by atoms with Gasteiger partial charge in [0.05, 0.1) is 0 Å². The molecule has 94 valence electrons. The summed E-state index contributed by atoms with van der Waals surface area (Å²) in [4.78, 5) is 0.965. The lowest BCUT2D eigenvalue weighted by Gasteiger charge is -2.13. The van der Waals surface area contributed by atoms with E-state index in [9.17, 15) is 0 Å². The molecule has 1 atom stereocenters. The largest absolute Gasteiger partial charge is 0.409 e. The van der Waals surface area contributed by atoms with Crippen LogP contribution in [0.3, 0.4) is 0 Å². The van der Waals surface area contributed by atoms with E-state index in [0.717, 1.165) is 16.0 Å². The number of hydrogen-bond donors (Lipinski definition) is 3. The van der Waals surface area contributed by atoms with Gasteiger partial charge in [0.25, 0.3) is 0 Å². The third kappa shape index (κ3) is 3.94. The minimum Gasteiger partial charge on any atom is -0.409 e. The summed E-state index contributed by atoms with van der Waals surface area (Å²) in [6.07, 6.45) is 0.716. The lowest BCUT2D eigenvalue weighted by atomic mass is 10.1. The molecule has 0 fully saturated rings. The van der Waals surface area contributed by atoms with E-state index in [-0.39, 0.29) is 17.7 Å². The van der Waals surface area contributed by atoms with Gasteiger partial charge in [0.2, 0.25) is 0 Å². The molecular formula is C12H18N2O2S. The van der Waals surface area contributed by atoms with Crippen molar-refractivity contribution < 1.29 is 10.3 Å². The zero-order chi connectivity index (χ0) is 12.8. The number of aryl methyl sites for hydroxylation is 1. The Hall–Kier alpha value is -1.20. The van der Waals surface area contributed by atoms with Gasteiger partial charge in [-0.05, 0) is 25.5 Å². The average molecular weight is 254 g/mol. The number of nitrogens with zero attached hydrogens (tertiary/aromatic N) is 1. The second kappa shape index (κ2) is 6.51. The average Bonchev–Trinajstić information content (AvgIpc) is 2.30. The smallest absolute Gasteiger partial charge is 0.171 e. The van der Waals surface area contributed by atoms with Crippen molar-refractivity contribution >= 4 is 17.6 Å². The number of benzene rings is 1. The highest BCUT2D eigenvalue weighted by Gasteiger charge is 2.11. The predicted molar refractivity (Wildman–Crippen MR) is 70.7 cm³/mol. The Labute approximate surface area is 106 Å². The Morgan fingerprint density at radius 2 is 2.24 bits per heavy atom. The molecular weight excluding hydrogens is 236 g/mol. The number of thioether (sulfide) groups is 1. The van der Waals surface area contributed by atoms with E-state index < -0.39 is 0 Å². The van der Waals surface area contributed by atoms with Crippen LogP contribution in [0.5, 0.6) is 0 Å². The van der Waals surface area contributed by atoms with Gasteiger partial charge in [0.15, 0.2) is 5.84 Å². The molecule has 0 spiro atoms. The fourth-order valence-electron chi connectivity index (χ4n) is 1.46. The van der Waals surface area contributed by atoms with Gasteiger partial charge in [-0.25, -0.2) is 0 Å². The van der Waals surface area contributed by atoms with E-state index in [1.807, 2.05) is 32.0 Å². The normalized spacial score (nSPS) is 13.7. The molecule has 0 aromatic heterocycles. The van der Waals surface area contributed by atoms with Crippen molar-refractivity contribution in [3.05, 3.63) is 29.3 Å². The van der Waals surface area contributed by atoms with Crippen molar-refractivity contribution in [3.63, 3.8) is 0 Å². The molecule has 0 aliphatic heterocycles. The van der Waals surface area contributed by atoms with Crippen LogP contribution in [0.2, 0.25) is 0 Å². The van der Waals surface area contributed by atoms with Crippen LogP contribution in [0.15, 0.2) is 28.3 Å². The molecule has 4 N–H and O–H groups in total. The summed E-state index contributed by atoms with van der Waals surface area (Å²) in [5, 5.41) is 21.0. The highest BCUT2D eigenvalue weighted by Crippen LogP contribution is 2.29. The van der Waals surface area contributed by atoms with Crippen LogP contribution < -0.4 is 5.73 Å². The minimum atomic E-state index is 0.118. The second-order valence-electron chi connectivity index (χ2n) is 3.93. The number of aliphatic hydroxyl groups excluding tert-OH is 1. The summed E-state index contributed by atoms with van der Waals surface area (Å²) < 4.78 is 0. The highest BCUT2D eigenvalue weighted by atomic mass is 32.2. The molecule has 0 saturated heterocycles. The van der Waals surface area contributed by atoms with Gasteiger partial charge in [-0.1, -0.05) is 23.7 Å². The molecule has 0 radical (unpaired) electrons. The molecule has 1 unspecified atom stereocenters. The predicted octanol–water partition coefficient (Wildman–Crippen LogP) is 1.95. The topological polar surface area (TPSA) is 78.8 Å². The SMILES string of the molecule is Cc1ccc(SC(C)CCO)c(/C(N)=N/O)c1. The maximum Gasteiger partial charge on any atom is 0.171 e. The molecule has 5 heteroatoms. The first-order valence-electron chi connectivity index (χ1n) is 5.44. The van der Waals surface area contributed by atoms with Crippen LogP contribution >= 0.6 is 11.8 Å². The second-order valence-corrected chi connectivity index (χ2v) is 5.41. The third-order valence-electron chi connectivity index (χ3n) is 2.38. The zero-order valence-electron chi connectivity index (χ0n) is 10.1. The molecule has 4 nitrogen and oxygen atoms in total.